The fraction of sp³-hybridized carbons (Fsp3) is 0.533. The Morgan fingerprint density at radius 2 is 1.88 bits per heavy atom. The standard InChI is InChI=1S/C15H21NO/c1-12(2)15(17)14-8-4-3-7-13(14)11-16-9-5-6-10-16/h3-4,7-8,12H,5-6,9-11H2,1-2H3. The van der Waals surface area contributed by atoms with Crippen LogP contribution in [0, 0.1) is 5.92 Å². The zero-order chi connectivity index (χ0) is 12.3. The minimum Gasteiger partial charge on any atom is -0.299 e. The molecule has 0 amide bonds. The molecule has 0 atom stereocenters. The Bertz CT molecular complexity index is 392. The molecule has 1 saturated heterocycles. The van der Waals surface area contributed by atoms with Gasteiger partial charge in [0.2, 0.25) is 0 Å². The van der Waals surface area contributed by atoms with E-state index in [0.29, 0.717) is 0 Å². The van der Waals surface area contributed by atoms with Gasteiger partial charge in [0.1, 0.15) is 0 Å². The lowest BCUT2D eigenvalue weighted by atomic mass is 9.96. The molecule has 1 aliphatic heterocycles. The molecule has 0 N–H and O–H groups in total. The van der Waals surface area contributed by atoms with Gasteiger partial charge in [-0.15, -0.1) is 0 Å². The highest BCUT2D eigenvalue weighted by molar-refractivity contribution is 5.98. The van der Waals surface area contributed by atoms with Gasteiger partial charge < -0.3 is 0 Å². The maximum atomic E-state index is 12.1. The lowest BCUT2D eigenvalue weighted by Crippen LogP contribution is -2.21. The molecule has 2 heteroatoms. The number of benzene rings is 1. The fourth-order valence-electron chi connectivity index (χ4n) is 2.39. The first-order chi connectivity index (χ1) is 8.18. The highest BCUT2D eigenvalue weighted by Crippen LogP contribution is 2.18. The lowest BCUT2D eigenvalue weighted by Gasteiger charge is -2.17. The summed E-state index contributed by atoms with van der Waals surface area (Å²) in [6, 6.07) is 8.05. The molecule has 0 radical (unpaired) electrons. The van der Waals surface area contributed by atoms with Gasteiger partial charge in [-0.25, -0.2) is 0 Å². The smallest absolute Gasteiger partial charge is 0.165 e. The van der Waals surface area contributed by atoms with E-state index in [0.717, 1.165) is 12.1 Å². The summed E-state index contributed by atoms with van der Waals surface area (Å²) >= 11 is 0. The van der Waals surface area contributed by atoms with E-state index >= 15 is 0 Å². The van der Waals surface area contributed by atoms with Gasteiger partial charge in [-0.3, -0.25) is 9.69 Å². The first kappa shape index (κ1) is 12.3. The first-order valence-electron chi connectivity index (χ1n) is 6.53. The maximum Gasteiger partial charge on any atom is 0.165 e. The molecule has 0 unspecified atom stereocenters. The van der Waals surface area contributed by atoms with Crippen LogP contribution in [0.5, 0.6) is 0 Å². The predicted octanol–water partition coefficient (Wildman–Crippen LogP) is 3.12. The normalized spacial score (nSPS) is 16.6. The summed E-state index contributed by atoms with van der Waals surface area (Å²) in [6.07, 6.45) is 2.58. The van der Waals surface area contributed by atoms with Crippen LogP contribution in [0.3, 0.4) is 0 Å². The van der Waals surface area contributed by atoms with E-state index in [9.17, 15) is 4.79 Å². The van der Waals surface area contributed by atoms with Crippen molar-refractivity contribution in [2.45, 2.75) is 33.2 Å². The van der Waals surface area contributed by atoms with Crippen LogP contribution in [-0.4, -0.2) is 23.8 Å². The zero-order valence-corrected chi connectivity index (χ0v) is 10.8. The molecule has 1 fully saturated rings. The third-order valence-corrected chi connectivity index (χ3v) is 3.40. The summed E-state index contributed by atoms with van der Waals surface area (Å²) in [5, 5.41) is 0. The summed E-state index contributed by atoms with van der Waals surface area (Å²) in [5.74, 6) is 0.342. The van der Waals surface area contributed by atoms with Crippen LogP contribution in [0.15, 0.2) is 24.3 Å². The third kappa shape index (κ3) is 2.95. The van der Waals surface area contributed by atoms with Crippen molar-refractivity contribution in [3.8, 4) is 0 Å². The Kier molecular flexibility index (Phi) is 3.95. The number of hydrogen-bond donors (Lipinski definition) is 0. The van der Waals surface area contributed by atoms with E-state index < -0.39 is 0 Å². The minimum absolute atomic E-state index is 0.0785. The Morgan fingerprint density at radius 3 is 2.53 bits per heavy atom. The SMILES string of the molecule is CC(C)C(=O)c1ccccc1CN1CCCC1. The van der Waals surface area contributed by atoms with Crippen LogP contribution in [0.25, 0.3) is 0 Å². The third-order valence-electron chi connectivity index (χ3n) is 3.40. The molecule has 2 nitrogen and oxygen atoms in total. The molecule has 17 heavy (non-hydrogen) atoms. The summed E-state index contributed by atoms with van der Waals surface area (Å²) in [5.41, 5.74) is 2.10. The molecule has 92 valence electrons. The van der Waals surface area contributed by atoms with Crippen molar-refractivity contribution in [2.24, 2.45) is 5.92 Å². The van der Waals surface area contributed by atoms with Crippen molar-refractivity contribution in [2.75, 3.05) is 13.1 Å². The van der Waals surface area contributed by atoms with E-state index in [1.54, 1.807) is 0 Å². The Balaban J connectivity index is 2.17. The predicted molar refractivity (Wildman–Crippen MR) is 70.1 cm³/mol. The second-order valence-electron chi connectivity index (χ2n) is 5.16. The maximum absolute atomic E-state index is 12.1. The number of likely N-dealkylation sites (tertiary alicyclic amines) is 1. The Labute approximate surface area is 104 Å². The number of rotatable bonds is 4. The summed E-state index contributed by atoms with van der Waals surface area (Å²) in [7, 11) is 0. The minimum atomic E-state index is 0.0785. The van der Waals surface area contributed by atoms with Crippen LogP contribution >= 0.6 is 0 Å². The van der Waals surface area contributed by atoms with Gasteiger partial charge in [0.25, 0.3) is 0 Å². The fourth-order valence-corrected chi connectivity index (χ4v) is 2.39. The molecule has 0 aliphatic carbocycles. The largest absolute Gasteiger partial charge is 0.299 e. The van der Waals surface area contributed by atoms with Crippen molar-refractivity contribution in [3.05, 3.63) is 35.4 Å². The number of carbonyl (C=O) groups is 1. The Hall–Kier alpha value is -1.15. The highest BCUT2D eigenvalue weighted by Gasteiger charge is 2.17. The number of hydrogen-bond acceptors (Lipinski definition) is 2. The van der Waals surface area contributed by atoms with Crippen molar-refractivity contribution in [1.29, 1.82) is 0 Å². The molecule has 2 rings (SSSR count). The molecule has 0 spiro atoms. The van der Waals surface area contributed by atoms with E-state index in [1.165, 1.54) is 31.5 Å². The van der Waals surface area contributed by atoms with E-state index in [1.807, 2.05) is 32.0 Å². The second kappa shape index (κ2) is 5.46. The monoisotopic (exact) mass is 231 g/mol. The molecule has 0 aromatic heterocycles. The molecular weight excluding hydrogens is 210 g/mol. The average Bonchev–Trinajstić information content (AvgIpc) is 2.81. The molecule has 1 heterocycles. The molecular formula is C15H21NO. The van der Waals surface area contributed by atoms with Gasteiger partial charge in [-0.05, 0) is 31.5 Å². The van der Waals surface area contributed by atoms with Gasteiger partial charge in [-0.1, -0.05) is 38.1 Å². The molecule has 0 saturated carbocycles. The van der Waals surface area contributed by atoms with Crippen LogP contribution in [-0.2, 0) is 6.54 Å². The van der Waals surface area contributed by atoms with Crippen LogP contribution < -0.4 is 0 Å². The number of ketones is 1. The van der Waals surface area contributed by atoms with Gasteiger partial charge in [0, 0.05) is 18.0 Å². The molecule has 0 bridgehead atoms. The number of nitrogens with zero attached hydrogens (tertiary/aromatic N) is 1. The second-order valence-corrected chi connectivity index (χ2v) is 5.16. The highest BCUT2D eigenvalue weighted by atomic mass is 16.1. The van der Waals surface area contributed by atoms with Crippen molar-refractivity contribution >= 4 is 5.78 Å². The lowest BCUT2D eigenvalue weighted by molar-refractivity contribution is 0.0937. The van der Waals surface area contributed by atoms with E-state index in [-0.39, 0.29) is 11.7 Å². The number of Topliss-reactive ketones (excluding diaryl/α,β-unsaturated/α-hetero) is 1. The van der Waals surface area contributed by atoms with E-state index in [2.05, 4.69) is 11.0 Å². The van der Waals surface area contributed by atoms with Gasteiger partial charge in [0.05, 0.1) is 0 Å². The summed E-state index contributed by atoms with van der Waals surface area (Å²) in [6.45, 7) is 7.20. The Morgan fingerprint density at radius 1 is 1.24 bits per heavy atom. The van der Waals surface area contributed by atoms with Crippen LogP contribution in [0.1, 0.15) is 42.6 Å². The quantitative estimate of drug-likeness (QED) is 0.742. The topological polar surface area (TPSA) is 20.3 Å². The van der Waals surface area contributed by atoms with E-state index in [4.69, 9.17) is 0 Å². The molecule has 1 aromatic rings. The van der Waals surface area contributed by atoms with Crippen LogP contribution in [0.4, 0.5) is 0 Å². The van der Waals surface area contributed by atoms with Crippen molar-refractivity contribution in [1.82, 2.24) is 4.90 Å². The summed E-state index contributed by atoms with van der Waals surface area (Å²) in [4.78, 5) is 14.6. The summed E-state index contributed by atoms with van der Waals surface area (Å²) < 4.78 is 0. The van der Waals surface area contributed by atoms with Crippen molar-refractivity contribution < 1.29 is 4.79 Å². The van der Waals surface area contributed by atoms with Gasteiger partial charge in [0.15, 0.2) is 5.78 Å². The van der Waals surface area contributed by atoms with Crippen molar-refractivity contribution in [3.63, 3.8) is 0 Å². The average molecular weight is 231 g/mol. The van der Waals surface area contributed by atoms with Crippen LogP contribution in [0.2, 0.25) is 0 Å². The first-order valence-corrected chi connectivity index (χ1v) is 6.53. The number of carbonyl (C=O) groups excluding carboxylic acids is 1. The van der Waals surface area contributed by atoms with Gasteiger partial charge in [-0.2, -0.15) is 0 Å². The molecule has 1 aliphatic rings. The van der Waals surface area contributed by atoms with Gasteiger partial charge >= 0.3 is 0 Å². The zero-order valence-electron chi connectivity index (χ0n) is 10.8. The molecule has 1 aromatic carbocycles.